The number of ether oxygens (including phenoxy) is 2. The van der Waals surface area contributed by atoms with Crippen LogP contribution in [0.25, 0.3) is 0 Å². The lowest BCUT2D eigenvalue weighted by Gasteiger charge is -2.17. The Kier molecular flexibility index (Phi) is 4.41. The standard InChI is InChI=1S/C20H21FN2O3/c21-16-4-2-15(3-5-16)20(8-9-20)12-23-19(24)22-10-7-14-1-6-17-18(11-14)26-13-25-17/h1-6,11H,7-10,12-13H2,(H2,22,23,24). The minimum atomic E-state index is -0.237. The van der Waals surface area contributed by atoms with Gasteiger partial charge in [0.1, 0.15) is 5.82 Å². The number of rotatable bonds is 6. The number of hydrogen-bond donors (Lipinski definition) is 2. The van der Waals surface area contributed by atoms with E-state index in [-0.39, 0.29) is 24.1 Å². The Labute approximate surface area is 151 Å². The highest BCUT2D eigenvalue weighted by Gasteiger charge is 2.44. The molecule has 1 aliphatic carbocycles. The Hall–Kier alpha value is -2.76. The summed E-state index contributed by atoms with van der Waals surface area (Å²) < 4.78 is 23.7. The number of urea groups is 1. The van der Waals surface area contributed by atoms with E-state index < -0.39 is 0 Å². The Morgan fingerprint density at radius 3 is 2.58 bits per heavy atom. The average Bonchev–Trinajstić information content (AvgIpc) is 3.29. The second-order valence-electron chi connectivity index (χ2n) is 6.83. The third-order valence-electron chi connectivity index (χ3n) is 5.03. The van der Waals surface area contributed by atoms with Crippen LogP contribution < -0.4 is 20.1 Å². The van der Waals surface area contributed by atoms with Crippen molar-refractivity contribution in [2.45, 2.75) is 24.7 Å². The number of hydrogen-bond acceptors (Lipinski definition) is 3. The summed E-state index contributed by atoms with van der Waals surface area (Å²) in [5.74, 6) is 1.27. The predicted molar refractivity (Wildman–Crippen MR) is 95.0 cm³/mol. The Balaban J connectivity index is 1.23. The number of amides is 2. The van der Waals surface area contributed by atoms with E-state index in [1.807, 2.05) is 30.3 Å². The van der Waals surface area contributed by atoms with Crippen molar-refractivity contribution < 1.29 is 18.7 Å². The maximum Gasteiger partial charge on any atom is 0.314 e. The fourth-order valence-corrected chi connectivity index (χ4v) is 3.25. The maximum atomic E-state index is 13.1. The molecule has 1 heterocycles. The molecule has 4 rings (SSSR count). The summed E-state index contributed by atoms with van der Waals surface area (Å²) >= 11 is 0. The number of halogens is 1. The molecule has 0 unspecified atom stereocenters. The molecule has 0 saturated heterocycles. The number of benzene rings is 2. The monoisotopic (exact) mass is 356 g/mol. The zero-order valence-corrected chi connectivity index (χ0v) is 14.4. The largest absolute Gasteiger partial charge is 0.454 e. The van der Waals surface area contributed by atoms with Crippen molar-refractivity contribution >= 4 is 6.03 Å². The zero-order chi connectivity index (χ0) is 18.0. The first-order chi connectivity index (χ1) is 12.6. The molecule has 0 aromatic heterocycles. The molecule has 2 aliphatic rings. The Bertz CT molecular complexity index is 803. The summed E-state index contributed by atoms with van der Waals surface area (Å²) in [5, 5.41) is 5.82. The molecule has 5 nitrogen and oxygen atoms in total. The molecule has 2 N–H and O–H groups in total. The van der Waals surface area contributed by atoms with Crippen LogP contribution in [0.1, 0.15) is 24.0 Å². The Morgan fingerprint density at radius 1 is 1.04 bits per heavy atom. The summed E-state index contributed by atoms with van der Waals surface area (Å²) in [6, 6.07) is 12.2. The van der Waals surface area contributed by atoms with Crippen molar-refractivity contribution in [3.63, 3.8) is 0 Å². The predicted octanol–water partition coefficient (Wildman–Crippen LogP) is 3.13. The topological polar surface area (TPSA) is 59.6 Å². The highest BCUT2D eigenvalue weighted by Crippen LogP contribution is 2.47. The van der Waals surface area contributed by atoms with Crippen LogP contribution in [-0.4, -0.2) is 25.9 Å². The van der Waals surface area contributed by atoms with Gasteiger partial charge in [0.15, 0.2) is 11.5 Å². The van der Waals surface area contributed by atoms with Crippen molar-refractivity contribution in [3.8, 4) is 11.5 Å². The van der Waals surface area contributed by atoms with E-state index in [4.69, 9.17) is 9.47 Å². The first-order valence-corrected chi connectivity index (χ1v) is 8.81. The number of fused-ring (bicyclic) bond motifs is 1. The second-order valence-corrected chi connectivity index (χ2v) is 6.83. The van der Waals surface area contributed by atoms with Crippen LogP contribution in [0.3, 0.4) is 0 Å². The third-order valence-corrected chi connectivity index (χ3v) is 5.03. The van der Waals surface area contributed by atoms with Gasteiger partial charge in [0, 0.05) is 18.5 Å². The fourth-order valence-electron chi connectivity index (χ4n) is 3.25. The van der Waals surface area contributed by atoms with Gasteiger partial charge >= 0.3 is 6.03 Å². The molecule has 1 aliphatic heterocycles. The molecule has 0 radical (unpaired) electrons. The molecular weight excluding hydrogens is 335 g/mol. The molecule has 2 amide bonds. The summed E-state index contributed by atoms with van der Waals surface area (Å²) in [6.45, 7) is 1.36. The molecule has 1 fully saturated rings. The molecular formula is C20H21FN2O3. The van der Waals surface area contributed by atoms with Gasteiger partial charge in [-0.15, -0.1) is 0 Å². The van der Waals surface area contributed by atoms with Crippen LogP contribution in [0.5, 0.6) is 11.5 Å². The van der Waals surface area contributed by atoms with Crippen LogP contribution in [0.15, 0.2) is 42.5 Å². The molecule has 136 valence electrons. The number of carbonyl (C=O) groups excluding carboxylic acids is 1. The van der Waals surface area contributed by atoms with Gasteiger partial charge in [-0.3, -0.25) is 0 Å². The van der Waals surface area contributed by atoms with Gasteiger partial charge in [0.05, 0.1) is 0 Å². The van der Waals surface area contributed by atoms with Crippen molar-refractivity contribution in [2.24, 2.45) is 0 Å². The van der Waals surface area contributed by atoms with Gasteiger partial charge in [-0.25, -0.2) is 9.18 Å². The van der Waals surface area contributed by atoms with Crippen molar-refractivity contribution in [2.75, 3.05) is 19.9 Å². The van der Waals surface area contributed by atoms with E-state index in [9.17, 15) is 9.18 Å². The number of carbonyl (C=O) groups is 1. The van der Waals surface area contributed by atoms with E-state index >= 15 is 0 Å². The normalized spacial score (nSPS) is 16.2. The molecule has 0 spiro atoms. The minimum Gasteiger partial charge on any atom is -0.454 e. The summed E-state index contributed by atoms with van der Waals surface area (Å²) in [5.41, 5.74) is 2.13. The highest BCUT2D eigenvalue weighted by molar-refractivity contribution is 5.74. The molecule has 1 saturated carbocycles. The molecule has 26 heavy (non-hydrogen) atoms. The first-order valence-electron chi connectivity index (χ1n) is 8.81. The fraction of sp³-hybridized carbons (Fsp3) is 0.350. The van der Waals surface area contributed by atoms with Crippen molar-refractivity contribution in [1.82, 2.24) is 10.6 Å². The summed E-state index contributed by atoms with van der Waals surface area (Å²) in [7, 11) is 0. The SMILES string of the molecule is O=C(NCCc1ccc2c(c1)OCO2)NCC1(c2ccc(F)cc2)CC1. The van der Waals surface area contributed by atoms with E-state index in [0.717, 1.165) is 35.5 Å². The lowest BCUT2D eigenvalue weighted by molar-refractivity contribution is 0.174. The molecule has 0 bridgehead atoms. The van der Waals surface area contributed by atoms with Gasteiger partial charge in [-0.2, -0.15) is 0 Å². The molecule has 0 atom stereocenters. The van der Waals surface area contributed by atoms with E-state index in [1.165, 1.54) is 12.1 Å². The summed E-state index contributed by atoms with van der Waals surface area (Å²) in [4.78, 5) is 12.1. The lowest BCUT2D eigenvalue weighted by atomic mass is 9.96. The zero-order valence-electron chi connectivity index (χ0n) is 14.4. The van der Waals surface area contributed by atoms with Crippen LogP contribution in [0.2, 0.25) is 0 Å². The van der Waals surface area contributed by atoms with Gasteiger partial charge in [-0.1, -0.05) is 18.2 Å². The first kappa shape index (κ1) is 16.7. The quantitative estimate of drug-likeness (QED) is 0.836. The van der Waals surface area contributed by atoms with E-state index in [2.05, 4.69) is 10.6 Å². The number of nitrogens with one attached hydrogen (secondary N) is 2. The third kappa shape index (κ3) is 3.59. The van der Waals surface area contributed by atoms with Gasteiger partial charge in [-0.05, 0) is 54.7 Å². The molecule has 2 aromatic rings. The highest BCUT2D eigenvalue weighted by atomic mass is 19.1. The lowest BCUT2D eigenvalue weighted by Crippen LogP contribution is -2.40. The molecule has 2 aromatic carbocycles. The minimum absolute atomic E-state index is 0.0393. The smallest absolute Gasteiger partial charge is 0.314 e. The van der Waals surface area contributed by atoms with Crippen LogP contribution >= 0.6 is 0 Å². The Morgan fingerprint density at radius 2 is 1.81 bits per heavy atom. The second kappa shape index (κ2) is 6.86. The van der Waals surface area contributed by atoms with Gasteiger partial charge < -0.3 is 20.1 Å². The average molecular weight is 356 g/mol. The van der Waals surface area contributed by atoms with Crippen LogP contribution in [0, 0.1) is 5.82 Å². The summed E-state index contributed by atoms with van der Waals surface area (Å²) in [6.07, 6.45) is 2.74. The van der Waals surface area contributed by atoms with E-state index in [1.54, 1.807) is 0 Å². The van der Waals surface area contributed by atoms with Gasteiger partial charge in [0.25, 0.3) is 0 Å². The van der Waals surface area contributed by atoms with Crippen molar-refractivity contribution in [3.05, 3.63) is 59.4 Å². The van der Waals surface area contributed by atoms with Crippen LogP contribution in [0.4, 0.5) is 9.18 Å². The van der Waals surface area contributed by atoms with Crippen molar-refractivity contribution in [1.29, 1.82) is 0 Å². The van der Waals surface area contributed by atoms with E-state index in [0.29, 0.717) is 19.5 Å². The van der Waals surface area contributed by atoms with Gasteiger partial charge in [0.2, 0.25) is 6.79 Å². The molecule has 6 heteroatoms. The van der Waals surface area contributed by atoms with Crippen LogP contribution in [-0.2, 0) is 11.8 Å². The maximum absolute atomic E-state index is 13.1.